The van der Waals surface area contributed by atoms with E-state index in [9.17, 15) is 9.59 Å². The molecule has 0 saturated heterocycles. The summed E-state index contributed by atoms with van der Waals surface area (Å²) in [7, 11) is 2.70. The van der Waals surface area contributed by atoms with E-state index in [0.29, 0.717) is 5.69 Å². The SMILES string of the molecule is COC(Cc1ccn(C)n1)(C(=O)O)C(=O)O.[H-].[Li+]. The first-order valence-electron chi connectivity index (χ1n) is 4.43. The maximum Gasteiger partial charge on any atom is 1.00 e. The third kappa shape index (κ3) is 3.09. The fraction of sp³-hybridized carbons (Fsp3) is 0.444. The molecule has 0 atom stereocenters. The molecule has 0 aliphatic heterocycles. The maximum absolute atomic E-state index is 11.0. The predicted molar refractivity (Wildman–Crippen MR) is 53.0 cm³/mol. The number of rotatable bonds is 5. The molecule has 2 N–H and O–H groups in total. The van der Waals surface area contributed by atoms with Crippen LogP contribution in [-0.2, 0) is 27.8 Å². The van der Waals surface area contributed by atoms with Crippen LogP contribution in [0.15, 0.2) is 12.3 Å². The van der Waals surface area contributed by atoms with Crippen molar-refractivity contribution in [2.75, 3.05) is 7.11 Å². The van der Waals surface area contributed by atoms with E-state index in [1.165, 1.54) is 4.68 Å². The summed E-state index contributed by atoms with van der Waals surface area (Å²) in [6.45, 7) is 0. The average molecular weight is 236 g/mol. The van der Waals surface area contributed by atoms with E-state index >= 15 is 0 Å². The topological polar surface area (TPSA) is 102 Å². The second kappa shape index (κ2) is 5.86. The summed E-state index contributed by atoms with van der Waals surface area (Å²) in [6, 6.07) is 1.54. The molecule has 0 aliphatic carbocycles. The molecule has 0 spiro atoms. The van der Waals surface area contributed by atoms with Crippen molar-refractivity contribution in [3.63, 3.8) is 0 Å². The largest absolute Gasteiger partial charge is 1.00 e. The molecular formula is C9H13LiN2O5. The molecule has 17 heavy (non-hydrogen) atoms. The molecule has 0 unspecified atom stereocenters. The van der Waals surface area contributed by atoms with Gasteiger partial charge in [0.15, 0.2) is 0 Å². The summed E-state index contributed by atoms with van der Waals surface area (Å²) in [5.74, 6) is -3.10. The number of carboxylic acids is 2. The van der Waals surface area contributed by atoms with Crippen molar-refractivity contribution < 1.29 is 44.8 Å². The number of nitrogens with zero attached hydrogens (tertiary/aromatic N) is 2. The zero-order valence-corrected chi connectivity index (χ0v) is 9.88. The number of aromatic nitrogens is 2. The van der Waals surface area contributed by atoms with Gasteiger partial charge in [-0.25, -0.2) is 9.59 Å². The van der Waals surface area contributed by atoms with E-state index in [1.807, 2.05) is 0 Å². The van der Waals surface area contributed by atoms with Gasteiger partial charge in [0, 0.05) is 26.8 Å². The predicted octanol–water partition coefficient (Wildman–Crippen LogP) is -3.37. The molecule has 1 aromatic heterocycles. The van der Waals surface area contributed by atoms with Crippen LogP contribution in [0, 0.1) is 0 Å². The number of hydrogen-bond donors (Lipinski definition) is 2. The maximum atomic E-state index is 11.0. The number of ether oxygens (including phenoxy) is 1. The van der Waals surface area contributed by atoms with Crippen molar-refractivity contribution >= 4 is 11.9 Å². The third-order valence-corrected chi connectivity index (χ3v) is 2.24. The molecule has 0 radical (unpaired) electrons. The Kier molecular flexibility index (Phi) is 5.42. The number of aliphatic carboxylic acids is 2. The van der Waals surface area contributed by atoms with Gasteiger partial charge in [0.05, 0.1) is 5.69 Å². The first-order valence-corrected chi connectivity index (χ1v) is 4.43. The minimum absolute atomic E-state index is 0. The monoisotopic (exact) mass is 236 g/mol. The Bertz CT molecular complexity index is 409. The van der Waals surface area contributed by atoms with Crippen LogP contribution >= 0.6 is 0 Å². The van der Waals surface area contributed by atoms with Gasteiger partial charge >= 0.3 is 30.8 Å². The van der Waals surface area contributed by atoms with Gasteiger partial charge in [-0.05, 0) is 6.07 Å². The van der Waals surface area contributed by atoms with Crippen LogP contribution in [0.25, 0.3) is 0 Å². The van der Waals surface area contributed by atoms with Gasteiger partial charge in [0.2, 0.25) is 0 Å². The Morgan fingerprint density at radius 3 is 2.35 bits per heavy atom. The molecule has 0 aromatic carbocycles. The van der Waals surface area contributed by atoms with E-state index in [-0.39, 0.29) is 26.7 Å². The van der Waals surface area contributed by atoms with Crippen molar-refractivity contribution in [3.05, 3.63) is 18.0 Å². The molecule has 7 nitrogen and oxygen atoms in total. The zero-order chi connectivity index (χ0) is 12.3. The average Bonchev–Trinajstić information content (AvgIpc) is 2.59. The Morgan fingerprint density at radius 1 is 1.53 bits per heavy atom. The zero-order valence-electron chi connectivity index (χ0n) is 10.9. The van der Waals surface area contributed by atoms with Gasteiger partial charge in [0.25, 0.3) is 5.60 Å². The molecule has 8 heteroatoms. The Hall–Kier alpha value is -1.29. The van der Waals surface area contributed by atoms with Gasteiger partial charge < -0.3 is 16.4 Å². The van der Waals surface area contributed by atoms with Gasteiger partial charge in [-0.15, -0.1) is 0 Å². The number of carboxylic acid groups (broad SMARTS) is 2. The van der Waals surface area contributed by atoms with Crippen LogP contribution in [0.4, 0.5) is 0 Å². The molecular weight excluding hydrogens is 223 g/mol. The van der Waals surface area contributed by atoms with E-state index in [4.69, 9.17) is 10.2 Å². The van der Waals surface area contributed by atoms with E-state index < -0.39 is 17.5 Å². The van der Waals surface area contributed by atoms with E-state index in [0.717, 1.165) is 7.11 Å². The summed E-state index contributed by atoms with van der Waals surface area (Å²) in [5, 5.41) is 21.8. The fourth-order valence-corrected chi connectivity index (χ4v) is 1.30. The second-order valence-corrected chi connectivity index (χ2v) is 3.30. The number of hydrogen-bond acceptors (Lipinski definition) is 4. The smallest absolute Gasteiger partial charge is 1.00 e. The molecule has 1 heterocycles. The number of methoxy groups -OCH3 is 1. The molecule has 90 valence electrons. The van der Waals surface area contributed by atoms with Crippen LogP contribution < -0.4 is 18.9 Å². The molecule has 1 rings (SSSR count). The minimum atomic E-state index is -2.28. The fourth-order valence-electron chi connectivity index (χ4n) is 1.30. The quantitative estimate of drug-likeness (QED) is 0.409. The molecule has 0 saturated carbocycles. The second-order valence-electron chi connectivity index (χ2n) is 3.30. The van der Waals surface area contributed by atoms with Crippen molar-refractivity contribution in [3.8, 4) is 0 Å². The van der Waals surface area contributed by atoms with Gasteiger partial charge in [-0.3, -0.25) is 4.68 Å². The number of aryl methyl sites for hydroxylation is 1. The Labute approximate surface area is 111 Å². The standard InChI is InChI=1S/C9H12N2O5.Li.H/c1-11-4-3-6(10-11)5-9(16-2,7(12)13)8(14)15;;/h3-4H,5H2,1-2H3,(H,12,13)(H,14,15);;/q;+1;-1. The summed E-state index contributed by atoms with van der Waals surface area (Å²) in [4.78, 5) is 21.9. The Balaban J connectivity index is 0. The van der Waals surface area contributed by atoms with Crippen molar-refractivity contribution in [1.82, 2.24) is 9.78 Å². The molecule has 1 aromatic rings. The first kappa shape index (κ1) is 15.7. The van der Waals surface area contributed by atoms with Crippen LogP contribution in [0.5, 0.6) is 0 Å². The van der Waals surface area contributed by atoms with Crippen LogP contribution in [0.1, 0.15) is 7.12 Å². The van der Waals surface area contributed by atoms with Crippen molar-refractivity contribution in [2.45, 2.75) is 12.0 Å². The normalized spacial score (nSPS) is 10.7. The van der Waals surface area contributed by atoms with Crippen LogP contribution in [-0.4, -0.2) is 44.6 Å². The van der Waals surface area contributed by atoms with Crippen LogP contribution in [0.2, 0.25) is 0 Å². The summed E-state index contributed by atoms with van der Waals surface area (Å²) < 4.78 is 6.08. The first-order chi connectivity index (χ1) is 7.42. The summed E-state index contributed by atoms with van der Waals surface area (Å²) in [5.41, 5.74) is -1.94. The van der Waals surface area contributed by atoms with Crippen molar-refractivity contribution in [1.29, 1.82) is 0 Å². The molecule has 0 fully saturated rings. The third-order valence-electron chi connectivity index (χ3n) is 2.24. The van der Waals surface area contributed by atoms with Gasteiger partial charge in [-0.2, -0.15) is 5.10 Å². The minimum Gasteiger partial charge on any atom is -1.00 e. The van der Waals surface area contributed by atoms with Gasteiger partial charge in [-0.1, -0.05) is 0 Å². The van der Waals surface area contributed by atoms with Gasteiger partial charge in [0.1, 0.15) is 0 Å². The van der Waals surface area contributed by atoms with E-state index in [1.54, 1.807) is 19.3 Å². The van der Waals surface area contributed by atoms with Crippen LogP contribution in [0.3, 0.4) is 0 Å². The summed E-state index contributed by atoms with van der Waals surface area (Å²) >= 11 is 0. The summed E-state index contributed by atoms with van der Waals surface area (Å²) in [6.07, 6.45) is 1.27. The number of carbonyl (C=O) groups is 2. The van der Waals surface area contributed by atoms with Crippen molar-refractivity contribution in [2.24, 2.45) is 7.05 Å². The molecule has 0 amide bonds. The molecule has 0 bridgehead atoms. The Morgan fingerprint density at radius 2 is 2.06 bits per heavy atom. The van der Waals surface area contributed by atoms with E-state index in [2.05, 4.69) is 9.84 Å². The molecule has 0 aliphatic rings.